The summed E-state index contributed by atoms with van der Waals surface area (Å²) in [5.41, 5.74) is 1.06. The van der Waals surface area contributed by atoms with Gasteiger partial charge in [-0.25, -0.2) is 9.97 Å². The van der Waals surface area contributed by atoms with E-state index in [1.807, 2.05) is 24.3 Å². The summed E-state index contributed by atoms with van der Waals surface area (Å²) in [6.45, 7) is 0.491. The minimum absolute atomic E-state index is 0.491. The molecule has 0 bridgehead atoms. The third kappa shape index (κ3) is 2.92. The normalized spacial score (nSPS) is 9.93. The van der Waals surface area contributed by atoms with Gasteiger partial charge in [0, 0.05) is 5.02 Å². The minimum Gasteiger partial charge on any atom is -0.486 e. The number of aromatic nitrogens is 2. The number of benzene rings is 1. The molecule has 0 fully saturated rings. The van der Waals surface area contributed by atoms with Gasteiger partial charge in [0.15, 0.2) is 5.75 Å². The lowest BCUT2D eigenvalue weighted by Crippen LogP contribution is -1.95. The monoisotopic (exact) mass is 220 g/mol. The molecule has 2 aromatic rings. The van der Waals surface area contributed by atoms with Crippen LogP contribution in [0.3, 0.4) is 0 Å². The second-order valence-electron chi connectivity index (χ2n) is 2.99. The fourth-order valence-corrected chi connectivity index (χ4v) is 1.23. The fourth-order valence-electron chi connectivity index (χ4n) is 1.11. The Balaban J connectivity index is 1.96. The van der Waals surface area contributed by atoms with E-state index in [1.54, 1.807) is 12.4 Å². The zero-order valence-electron chi connectivity index (χ0n) is 7.93. The Bertz CT molecular complexity index is 416. The van der Waals surface area contributed by atoms with Crippen molar-refractivity contribution in [3.8, 4) is 5.75 Å². The Morgan fingerprint density at radius 1 is 1.07 bits per heavy atom. The van der Waals surface area contributed by atoms with Crippen molar-refractivity contribution in [3.63, 3.8) is 0 Å². The van der Waals surface area contributed by atoms with Crippen molar-refractivity contribution in [2.24, 2.45) is 0 Å². The molecule has 3 nitrogen and oxygen atoms in total. The van der Waals surface area contributed by atoms with E-state index in [2.05, 4.69) is 9.97 Å². The van der Waals surface area contributed by atoms with Crippen LogP contribution in [0.4, 0.5) is 0 Å². The third-order valence-electron chi connectivity index (χ3n) is 1.86. The molecule has 0 amide bonds. The van der Waals surface area contributed by atoms with Crippen LogP contribution in [0.2, 0.25) is 5.02 Å². The number of halogens is 1. The highest BCUT2D eigenvalue weighted by Crippen LogP contribution is 2.12. The molecule has 0 spiro atoms. The Hall–Kier alpha value is -1.61. The van der Waals surface area contributed by atoms with Crippen LogP contribution in [0, 0.1) is 0 Å². The summed E-state index contributed by atoms with van der Waals surface area (Å²) in [7, 11) is 0. The minimum atomic E-state index is 0.491. The summed E-state index contributed by atoms with van der Waals surface area (Å²) in [4.78, 5) is 7.71. The van der Waals surface area contributed by atoms with Crippen LogP contribution >= 0.6 is 11.6 Å². The van der Waals surface area contributed by atoms with Crippen molar-refractivity contribution in [2.75, 3.05) is 0 Å². The lowest BCUT2D eigenvalue weighted by atomic mass is 10.2. The molecule has 4 heteroatoms. The average Bonchev–Trinajstić information content (AvgIpc) is 2.30. The quantitative estimate of drug-likeness (QED) is 0.798. The van der Waals surface area contributed by atoms with Crippen LogP contribution in [-0.4, -0.2) is 9.97 Å². The smallest absolute Gasteiger partial charge is 0.156 e. The number of rotatable bonds is 3. The van der Waals surface area contributed by atoms with E-state index < -0.39 is 0 Å². The molecule has 76 valence electrons. The van der Waals surface area contributed by atoms with E-state index in [-0.39, 0.29) is 0 Å². The predicted octanol–water partition coefficient (Wildman–Crippen LogP) is 2.71. The van der Waals surface area contributed by atoms with E-state index in [9.17, 15) is 0 Å². The molecule has 0 aliphatic heterocycles. The SMILES string of the molecule is Clc1ccc(COc2cncnc2)cc1. The highest BCUT2D eigenvalue weighted by Gasteiger charge is 1.95. The number of hydrogen-bond acceptors (Lipinski definition) is 3. The van der Waals surface area contributed by atoms with Gasteiger partial charge in [-0.3, -0.25) is 0 Å². The molecular formula is C11H9ClN2O. The first-order valence-electron chi connectivity index (χ1n) is 4.47. The van der Waals surface area contributed by atoms with Gasteiger partial charge in [-0.2, -0.15) is 0 Å². The Morgan fingerprint density at radius 2 is 1.73 bits per heavy atom. The first kappa shape index (κ1) is 9.93. The lowest BCUT2D eigenvalue weighted by molar-refractivity contribution is 0.303. The zero-order valence-corrected chi connectivity index (χ0v) is 8.69. The van der Waals surface area contributed by atoms with E-state index in [0.717, 1.165) is 10.6 Å². The highest BCUT2D eigenvalue weighted by molar-refractivity contribution is 6.30. The van der Waals surface area contributed by atoms with Crippen LogP contribution in [0.25, 0.3) is 0 Å². The Kier molecular flexibility index (Phi) is 3.15. The van der Waals surface area contributed by atoms with Gasteiger partial charge >= 0.3 is 0 Å². The molecule has 1 heterocycles. The maximum atomic E-state index is 5.77. The topological polar surface area (TPSA) is 35.0 Å². The van der Waals surface area contributed by atoms with Gasteiger partial charge in [0.05, 0.1) is 12.4 Å². The molecule has 0 atom stereocenters. The Labute approximate surface area is 92.7 Å². The van der Waals surface area contributed by atoms with Crippen molar-refractivity contribution < 1.29 is 4.74 Å². The van der Waals surface area contributed by atoms with Gasteiger partial charge in [-0.05, 0) is 17.7 Å². The summed E-state index contributed by atoms with van der Waals surface area (Å²) >= 11 is 5.77. The fraction of sp³-hybridized carbons (Fsp3) is 0.0909. The molecule has 15 heavy (non-hydrogen) atoms. The second kappa shape index (κ2) is 4.75. The average molecular weight is 221 g/mol. The van der Waals surface area contributed by atoms with E-state index in [4.69, 9.17) is 16.3 Å². The molecule has 1 aromatic carbocycles. The van der Waals surface area contributed by atoms with Gasteiger partial charge in [0.25, 0.3) is 0 Å². The van der Waals surface area contributed by atoms with Crippen LogP contribution in [-0.2, 0) is 6.61 Å². The van der Waals surface area contributed by atoms with Crippen molar-refractivity contribution in [2.45, 2.75) is 6.61 Å². The molecule has 0 unspecified atom stereocenters. The summed E-state index contributed by atoms with van der Waals surface area (Å²) in [5.74, 6) is 0.660. The largest absolute Gasteiger partial charge is 0.486 e. The molecule has 0 saturated carbocycles. The molecule has 0 aliphatic rings. The molecule has 0 N–H and O–H groups in total. The molecule has 1 aromatic heterocycles. The first-order valence-corrected chi connectivity index (χ1v) is 4.84. The van der Waals surface area contributed by atoms with Crippen LogP contribution in [0.5, 0.6) is 5.75 Å². The van der Waals surface area contributed by atoms with Gasteiger partial charge in [0.1, 0.15) is 12.9 Å². The van der Waals surface area contributed by atoms with Crippen LogP contribution in [0.1, 0.15) is 5.56 Å². The van der Waals surface area contributed by atoms with Gasteiger partial charge in [0.2, 0.25) is 0 Å². The van der Waals surface area contributed by atoms with Crippen molar-refractivity contribution in [1.82, 2.24) is 9.97 Å². The molecular weight excluding hydrogens is 212 g/mol. The van der Waals surface area contributed by atoms with Crippen molar-refractivity contribution in [3.05, 3.63) is 53.6 Å². The van der Waals surface area contributed by atoms with E-state index in [1.165, 1.54) is 6.33 Å². The lowest BCUT2D eigenvalue weighted by Gasteiger charge is -2.04. The van der Waals surface area contributed by atoms with Gasteiger partial charge < -0.3 is 4.74 Å². The molecule has 2 rings (SSSR count). The maximum absolute atomic E-state index is 5.77. The number of ether oxygens (including phenoxy) is 1. The summed E-state index contributed by atoms with van der Waals surface area (Å²) in [6, 6.07) is 7.52. The van der Waals surface area contributed by atoms with Crippen molar-refractivity contribution >= 4 is 11.6 Å². The first-order chi connectivity index (χ1) is 7.34. The number of hydrogen-bond donors (Lipinski definition) is 0. The van der Waals surface area contributed by atoms with Gasteiger partial charge in [-0.15, -0.1) is 0 Å². The third-order valence-corrected chi connectivity index (χ3v) is 2.11. The number of nitrogens with zero attached hydrogens (tertiary/aromatic N) is 2. The molecule has 0 radical (unpaired) electrons. The molecule has 0 aliphatic carbocycles. The standard InChI is InChI=1S/C11H9ClN2O/c12-10-3-1-9(2-4-10)7-15-11-5-13-8-14-6-11/h1-6,8H,7H2. The van der Waals surface area contributed by atoms with Crippen LogP contribution < -0.4 is 4.74 Å². The summed E-state index contributed by atoms with van der Waals surface area (Å²) in [6.07, 6.45) is 4.72. The van der Waals surface area contributed by atoms with Crippen molar-refractivity contribution in [1.29, 1.82) is 0 Å². The summed E-state index contributed by atoms with van der Waals surface area (Å²) < 4.78 is 5.46. The predicted molar refractivity (Wildman–Crippen MR) is 57.8 cm³/mol. The van der Waals surface area contributed by atoms with Crippen LogP contribution in [0.15, 0.2) is 43.0 Å². The molecule has 0 saturated heterocycles. The summed E-state index contributed by atoms with van der Waals surface area (Å²) in [5, 5.41) is 0.724. The van der Waals surface area contributed by atoms with E-state index in [0.29, 0.717) is 12.4 Å². The van der Waals surface area contributed by atoms with E-state index >= 15 is 0 Å². The highest BCUT2D eigenvalue weighted by atomic mass is 35.5. The zero-order chi connectivity index (χ0) is 10.5. The van der Waals surface area contributed by atoms with Gasteiger partial charge in [-0.1, -0.05) is 23.7 Å². The maximum Gasteiger partial charge on any atom is 0.156 e. The second-order valence-corrected chi connectivity index (χ2v) is 3.43. The Morgan fingerprint density at radius 3 is 2.40 bits per heavy atom.